The van der Waals surface area contributed by atoms with E-state index in [9.17, 15) is 4.79 Å². The lowest BCUT2D eigenvalue weighted by Crippen LogP contribution is -2.39. The fraction of sp³-hybridized carbons (Fsp3) is 0.417. The van der Waals surface area contributed by atoms with Gasteiger partial charge in [-0.3, -0.25) is 19.9 Å². The number of rotatable bonds is 7. The highest BCUT2D eigenvalue weighted by atomic mass is 35.5. The number of hydrogen-bond donors (Lipinski definition) is 2. The van der Waals surface area contributed by atoms with E-state index < -0.39 is 0 Å². The predicted molar refractivity (Wildman–Crippen MR) is 131 cm³/mol. The minimum Gasteiger partial charge on any atom is -0.371 e. The smallest absolute Gasteiger partial charge is 0.270 e. The number of aromatic nitrogens is 7. The van der Waals surface area contributed by atoms with Crippen molar-refractivity contribution in [3.05, 3.63) is 53.5 Å². The molecular formula is C24H27ClN8O2. The van der Waals surface area contributed by atoms with Crippen LogP contribution in [0.15, 0.2) is 36.9 Å². The van der Waals surface area contributed by atoms with Gasteiger partial charge in [-0.1, -0.05) is 11.6 Å². The largest absolute Gasteiger partial charge is 0.371 e. The van der Waals surface area contributed by atoms with E-state index in [0.29, 0.717) is 28.8 Å². The van der Waals surface area contributed by atoms with E-state index in [1.165, 1.54) is 6.33 Å². The molecule has 2 N–H and O–H groups in total. The van der Waals surface area contributed by atoms with Gasteiger partial charge >= 0.3 is 0 Å². The van der Waals surface area contributed by atoms with Crippen molar-refractivity contribution in [2.45, 2.75) is 64.3 Å². The van der Waals surface area contributed by atoms with E-state index >= 15 is 0 Å². The molecule has 10 nitrogen and oxygen atoms in total. The molecule has 35 heavy (non-hydrogen) atoms. The summed E-state index contributed by atoms with van der Waals surface area (Å²) in [7, 11) is 0. The summed E-state index contributed by atoms with van der Waals surface area (Å²) >= 11 is 6.04. The summed E-state index contributed by atoms with van der Waals surface area (Å²) in [5.41, 5.74) is 2.77. The second-order valence-corrected chi connectivity index (χ2v) is 9.44. The Labute approximate surface area is 207 Å². The second-order valence-electron chi connectivity index (χ2n) is 9.00. The van der Waals surface area contributed by atoms with Crippen LogP contribution in [0.2, 0.25) is 5.02 Å². The van der Waals surface area contributed by atoms with Gasteiger partial charge in [-0.2, -0.15) is 5.10 Å². The molecule has 0 spiro atoms. The number of imidazole rings is 1. The van der Waals surface area contributed by atoms with Crippen molar-refractivity contribution >= 4 is 28.5 Å². The predicted octanol–water partition coefficient (Wildman–Crippen LogP) is 4.10. The molecule has 0 bridgehead atoms. The highest BCUT2D eigenvalue weighted by Gasteiger charge is 2.28. The molecular weight excluding hydrogens is 468 g/mol. The number of amides is 1. The summed E-state index contributed by atoms with van der Waals surface area (Å²) in [6, 6.07) is 5.37. The number of carbonyl (C=O) groups is 1. The number of H-pyrrole nitrogens is 1. The van der Waals surface area contributed by atoms with E-state index in [1.807, 2.05) is 19.9 Å². The average Bonchev–Trinajstić information content (AvgIpc) is 3.50. The van der Waals surface area contributed by atoms with Gasteiger partial charge in [0.2, 0.25) is 0 Å². The van der Waals surface area contributed by atoms with Crippen LogP contribution in [0.5, 0.6) is 0 Å². The highest BCUT2D eigenvalue weighted by molar-refractivity contribution is 6.30. The molecule has 4 aromatic heterocycles. The van der Waals surface area contributed by atoms with Gasteiger partial charge in [0.15, 0.2) is 5.82 Å². The second kappa shape index (κ2) is 10.1. The average molecular weight is 495 g/mol. The number of ether oxygens (including phenoxy) is 1. The van der Waals surface area contributed by atoms with Gasteiger partial charge in [-0.25, -0.2) is 9.97 Å². The molecule has 0 saturated heterocycles. The third kappa shape index (κ3) is 5.18. The lowest BCUT2D eigenvalue weighted by atomic mass is 9.90. The van der Waals surface area contributed by atoms with Crippen LogP contribution in [0.4, 0.5) is 0 Å². The van der Waals surface area contributed by atoms with Crippen molar-refractivity contribution in [2.75, 3.05) is 0 Å². The first-order valence-corrected chi connectivity index (χ1v) is 12.1. The monoisotopic (exact) mass is 494 g/mol. The van der Waals surface area contributed by atoms with Crippen LogP contribution >= 0.6 is 11.6 Å². The first-order valence-electron chi connectivity index (χ1n) is 11.7. The SMILES string of the molecule is CC(C)OCc1nc2cnc(-c3ncn[nH]3)cc2n1[C@@H]1CCC[C@H](NC(=O)c2cc(Cl)ccn2)C1. The Hall–Kier alpha value is -3.37. The van der Waals surface area contributed by atoms with Crippen LogP contribution in [0.3, 0.4) is 0 Å². The van der Waals surface area contributed by atoms with Crippen LogP contribution in [-0.4, -0.2) is 52.8 Å². The number of fused-ring (bicyclic) bond motifs is 1. The molecule has 5 rings (SSSR count). The van der Waals surface area contributed by atoms with Crippen molar-refractivity contribution in [2.24, 2.45) is 0 Å². The molecule has 4 heterocycles. The summed E-state index contributed by atoms with van der Waals surface area (Å²) in [5.74, 6) is 1.23. The summed E-state index contributed by atoms with van der Waals surface area (Å²) in [6.07, 6.45) is 8.46. The Bertz CT molecular complexity index is 1320. The van der Waals surface area contributed by atoms with Gasteiger partial charge < -0.3 is 14.6 Å². The number of nitrogens with one attached hydrogen (secondary N) is 2. The van der Waals surface area contributed by atoms with E-state index in [2.05, 4.69) is 35.0 Å². The van der Waals surface area contributed by atoms with Crippen LogP contribution in [0, 0.1) is 0 Å². The molecule has 1 aliphatic carbocycles. The zero-order chi connectivity index (χ0) is 24.4. The lowest BCUT2D eigenvalue weighted by molar-refractivity contribution is 0.0580. The Morgan fingerprint density at radius 2 is 2.17 bits per heavy atom. The third-order valence-corrected chi connectivity index (χ3v) is 6.39. The maximum absolute atomic E-state index is 12.8. The fourth-order valence-corrected chi connectivity index (χ4v) is 4.74. The Morgan fingerprint density at radius 3 is 2.94 bits per heavy atom. The van der Waals surface area contributed by atoms with Gasteiger partial charge in [-0.15, -0.1) is 0 Å². The summed E-state index contributed by atoms with van der Waals surface area (Å²) in [6.45, 7) is 4.41. The normalized spacial score (nSPS) is 18.3. The minimum absolute atomic E-state index is 0.00827. The molecule has 0 unspecified atom stereocenters. The molecule has 11 heteroatoms. The molecule has 182 valence electrons. The quantitative estimate of drug-likeness (QED) is 0.396. The van der Waals surface area contributed by atoms with Crippen molar-refractivity contribution < 1.29 is 9.53 Å². The first-order chi connectivity index (χ1) is 17.0. The molecule has 1 aliphatic rings. The van der Waals surface area contributed by atoms with Gasteiger partial charge in [0.25, 0.3) is 5.91 Å². The topological polar surface area (TPSA) is 124 Å². The zero-order valence-corrected chi connectivity index (χ0v) is 20.4. The molecule has 1 saturated carbocycles. The van der Waals surface area contributed by atoms with Crippen LogP contribution in [0.25, 0.3) is 22.6 Å². The van der Waals surface area contributed by atoms with E-state index in [-0.39, 0.29) is 24.1 Å². The minimum atomic E-state index is -0.214. The molecule has 4 aromatic rings. The van der Waals surface area contributed by atoms with Crippen molar-refractivity contribution in [1.82, 2.24) is 40.0 Å². The van der Waals surface area contributed by atoms with E-state index in [4.69, 9.17) is 21.3 Å². The zero-order valence-electron chi connectivity index (χ0n) is 19.6. The molecule has 0 aromatic carbocycles. The number of hydrogen-bond acceptors (Lipinski definition) is 7. The number of nitrogens with zero attached hydrogens (tertiary/aromatic N) is 6. The van der Waals surface area contributed by atoms with Crippen molar-refractivity contribution in [1.29, 1.82) is 0 Å². The van der Waals surface area contributed by atoms with Crippen LogP contribution in [-0.2, 0) is 11.3 Å². The van der Waals surface area contributed by atoms with Gasteiger partial charge in [0, 0.05) is 23.3 Å². The standard InChI is InChI=1S/C24H27ClN8O2/c1-14(2)35-12-22-31-20-11-27-18(23-28-13-29-32-23)10-21(20)33(22)17-5-3-4-16(9-17)30-24(34)19-8-15(25)6-7-26-19/h6-8,10-11,13-14,16-17H,3-5,9,12H2,1-2H3,(H,30,34)(H,28,29,32)/t16-,17+/m0/s1. The first kappa shape index (κ1) is 23.4. The number of aromatic amines is 1. The Balaban J connectivity index is 1.44. The number of carbonyl (C=O) groups excluding carboxylic acids is 1. The van der Waals surface area contributed by atoms with Gasteiger partial charge in [-0.05, 0) is 57.7 Å². The summed E-state index contributed by atoms with van der Waals surface area (Å²) in [4.78, 5) is 30.5. The van der Waals surface area contributed by atoms with Gasteiger partial charge in [0.1, 0.15) is 35.7 Å². The maximum Gasteiger partial charge on any atom is 0.270 e. The van der Waals surface area contributed by atoms with Crippen LogP contribution < -0.4 is 5.32 Å². The van der Waals surface area contributed by atoms with E-state index in [1.54, 1.807) is 24.5 Å². The molecule has 0 radical (unpaired) electrons. The lowest BCUT2D eigenvalue weighted by Gasteiger charge is -2.32. The van der Waals surface area contributed by atoms with Gasteiger partial charge in [0.05, 0.1) is 17.8 Å². The Morgan fingerprint density at radius 1 is 1.29 bits per heavy atom. The Kier molecular flexibility index (Phi) is 6.74. The summed E-state index contributed by atoms with van der Waals surface area (Å²) < 4.78 is 8.17. The fourth-order valence-electron chi connectivity index (χ4n) is 4.58. The van der Waals surface area contributed by atoms with Crippen LogP contribution in [0.1, 0.15) is 61.9 Å². The molecule has 1 amide bonds. The molecule has 2 atom stereocenters. The van der Waals surface area contributed by atoms with E-state index in [0.717, 1.165) is 42.5 Å². The summed E-state index contributed by atoms with van der Waals surface area (Å²) in [5, 5.41) is 10.4. The highest BCUT2D eigenvalue weighted by Crippen LogP contribution is 2.34. The maximum atomic E-state index is 12.8. The molecule has 1 fully saturated rings. The van der Waals surface area contributed by atoms with Crippen molar-refractivity contribution in [3.8, 4) is 11.5 Å². The third-order valence-electron chi connectivity index (χ3n) is 6.15. The molecule has 0 aliphatic heterocycles. The van der Waals surface area contributed by atoms with Crippen molar-refractivity contribution in [3.63, 3.8) is 0 Å². The number of pyridine rings is 2. The number of halogens is 1.